The van der Waals surface area contributed by atoms with Crippen LogP contribution in [0.15, 0.2) is 4.52 Å². The lowest BCUT2D eigenvalue weighted by Crippen LogP contribution is -2.28. The molecule has 0 radical (unpaired) electrons. The fourth-order valence-electron chi connectivity index (χ4n) is 2.41. The lowest BCUT2D eigenvalue weighted by Gasteiger charge is -2.25. The van der Waals surface area contributed by atoms with Gasteiger partial charge in [-0.2, -0.15) is 4.98 Å². The Morgan fingerprint density at radius 3 is 2.72 bits per heavy atom. The van der Waals surface area contributed by atoms with Crippen molar-refractivity contribution in [3.8, 4) is 0 Å². The van der Waals surface area contributed by atoms with E-state index < -0.39 is 5.60 Å². The molecule has 0 aromatic carbocycles. The van der Waals surface area contributed by atoms with Crippen molar-refractivity contribution in [2.45, 2.75) is 50.9 Å². The van der Waals surface area contributed by atoms with Gasteiger partial charge in [-0.3, -0.25) is 0 Å². The molecule has 1 aliphatic heterocycles. The summed E-state index contributed by atoms with van der Waals surface area (Å²) in [4.78, 5) is 4.44. The van der Waals surface area contributed by atoms with E-state index >= 15 is 0 Å². The summed E-state index contributed by atoms with van der Waals surface area (Å²) in [5.74, 6) is 1.12. The molecule has 2 atom stereocenters. The summed E-state index contributed by atoms with van der Waals surface area (Å²) in [6, 6.07) is -0.0514. The standard InChI is InChI=1S/C12H21N3O3/c1-4-12(5-2,17-3)11-14-10(18-15-11)9-6-8(16)7-13-9/h8-9,13,16H,4-7H2,1-3H3/t8-,9+/m0/s1. The third kappa shape index (κ3) is 2.28. The van der Waals surface area contributed by atoms with E-state index in [-0.39, 0.29) is 12.1 Å². The van der Waals surface area contributed by atoms with Crippen molar-refractivity contribution >= 4 is 0 Å². The predicted molar refractivity (Wildman–Crippen MR) is 64.9 cm³/mol. The van der Waals surface area contributed by atoms with Crippen molar-refractivity contribution < 1.29 is 14.4 Å². The highest BCUT2D eigenvalue weighted by molar-refractivity contribution is 5.04. The van der Waals surface area contributed by atoms with Crippen LogP contribution in [0.25, 0.3) is 0 Å². The number of aromatic nitrogens is 2. The molecule has 1 saturated heterocycles. The van der Waals surface area contributed by atoms with Crippen molar-refractivity contribution in [1.82, 2.24) is 15.5 Å². The van der Waals surface area contributed by atoms with Crippen LogP contribution in [0.4, 0.5) is 0 Å². The predicted octanol–water partition coefficient (Wildman–Crippen LogP) is 1.13. The second-order valence-corrected chi connectivity index (χ2v) is 4.71. The molecular formula is C12H21N3O3. The van der Waals surface area contributed by atoms with Gasteiger partial charge in [0.25, 0.3) is 0 Å². The Morgan fingerprint density at radius 2 is 2.22 bits per heavy atom. The molecule has 0 bridgehead atoms. The van der Waals surface area contributed by atoms with E-state index in [0.29, 0.717) is 24.7 Å². The minimum Gasteiger partial charge on any atom is -0.392 e. The lowest BCUT2D eigenvalue weighted by molar-refractivity contribution is -0.0306. The topological polar surface area (TPSA) is 80.4 Å². The highest BCUT2D eigenvalue weighted by Crippen LogP contribution is 2.31. The van der Waals surface area contributed by atoms with E-state index in [2.05, 4.69) is 15.5 Å². The molecule has 2 rings (SSSR count). The maximum Gasteiger partial charge on any atom is 0.243 e. The van der Waals surface area contributed by atoms with Crippen LogP contribution in [-0.2, 0) is 10.3 Å². The fourth-order valence-corrected chi connectivity index (χ4v) is 2.41. The van der Waals surface area contributed by atoms with Gasteiger partial charge < -0.3 is 19.7 Å². The van der Waals surface area contributed by atoms with Gasteiger partial charge in [-0.1, -0.05) is 19.0 Å². The van der Waals surface area contributed by atoms with Crippen LogP contribution in [0.5, 0.6) is 0 Å². The molecule has 6 nitrogen and oxygen atoms in total. The van der Waals surface area contributed by atoms with E-state index in [0.717, 1.165) is 12.8 Å². The van der Waals surface area contributed by atoms with Crippen molar-refractivity contribution in [3.63, 3.8) is 0 Å². The third-order valence-electron chi connectivity index (χ3n) is 3.79. The SMILES string of the molecule is CCC(CC)(OC)c1noc([C@H]2C[C@H](O)CN2)n1. The molecule has 2 N–H and O–H groups in total. The summed E-state index contributed by atoms with van der Waals surface area (Å²) >= 11 is 0. The zero-order valence-electron chi connectivity index (χ0n) is 11.1. The Labute approximate surface area is 107 Å². The summed E-state index contributed by atoms with van der Waals surface area (Å²) in [6.07, 6.45) is 1.86. The van der Waals surface area contributed by atoms with E-state index in [1.807, 2.05) is 13.8 Å². The highest BCUT2D eigenvalue weighted by atomic mass is 16.5. The van der Waals surface area contributed by atoms with Crippen molar-refractivity contribution in [1.29, 1.82) is 0 Å². The summed E-state index contributed by atoms with van der Waals surface area (Å²) in [6.45, 7) is 4.65. The molecule has 102 valence electrons. The van der Waals surface area contributed by atoms with Gasteiger partial charge in [0.1, 0.15) is 5.60 Å². The first-order valence-electron chi connectivity index (χ1n) is 6.46. The first-order valence-corrected chi connectivity index (χ1v) is 6.46. The van der Waals surface area contributed by atoms with Gasteiger partial charge in [-0.05, 0) is 19.3 Å². The van der Waals surface area contributed by atoms with Crippen molar-refractivity contribution in [3.05, 3.63) is 11.7 Å². The third-order valence-corrected chi connectivity index (χ3v) is 3.79. The number of ether oxygens (including phenoxy) is 1. The number of aliphatic hydroxyl groups excluding tert-OH is 1. The maximum absolute atomic E-state index is 9.49. The van der Waals surface area contributed by atoms with Gasteiger partial charge in [-0.25, -0.2) is 0 Å². The van der Waals surface area contributed by atoms with E-state index in [4.69, 9.17) is 9.26 Å². The van der Waals surface area contributed by atoms with Gasteiger partial charge in [0.05, 0.1) is 12.1 Å². The molecule has 1 aromatic rings. The first-order chi connectivity index (χ1) is 8.65. The molecule has 0 amide bonds. The largest absolute Gasteiger partial charge is 0.392 e. The highest BCUT2D eigenvalue weighted by Gasteiger charge is 2.36. The van der Waals surface area contributed by atoms with Gasteiger partial charge in [-0.15, -0.1) is 0 Å². The summed E-state index contributed by atoms with van der Waals surface area (Å²) in [7, 11) is 1.67. The fraction of sp³-hybridized carbons (Fsp3) is 0.833. The molecule has 1 aromatic heterocycles. The van der Waals surface area contributed by atoms with Crippen LogP contribution in [0.1, 0.15) is 50.9 Å². The second kappa shape index (κ2) is 5.34. The zero-order chi connectivity index (χ0) is 13.2. The van der Waals surface area contributed by atoms with Crippen LogP contribution < -0.4 is 5.32 Å². The smallest absolute Gasteiger partial charge is 0.243 e. The molecule has 0 saturated carbocycles. The van der Waals surface area contributed by atoms with Crippen LogP contribution in [0.2, 0.25) is 0 Å². The molecule has 1 aliphatic rings. The minimum absolute atomic E-state index is 0.0514. The lowest BCUT2D eigenvalue weighted by atomic mass is 9.96. The van der Waals surface area contributed by atoms with Gasteiger partial charge in [0.15, 0.2) is 0 Å². The molecule has 0 unspecified atom stereocenters. The Bertz CT molecular complexity index is 381. The van der Waals surface area contributed by atoms with E-state index in [1.54, 1.807) is 7.11 Å². The Hall–Kier alpha value is -0.980. The number of methoxy groups -OCH3 is 1. The Balaban J connectivity index is 2.19. The quantitative estimate of drug-likeness (QED) is 0.821. The van der Waals surface area contributed by atoms with Crippen molar-refractivity contribution in [2.24, 2.45) is 0 Å². The normalized spacial score (nSPS) is 24.7. The molecule has 6 heteroatoms. The number of rotatable bonds is 5. The minimum atomic E-state index is -0.473. The van der Waals surface area contributed by atoms with Crippen LogP contribution in [-0.4, -0.2) is 35.0 Å². The van der Waals surface area contributed by atoms with Gasteiger partial charge >= 0.3 is 0 Å². The number of β-amino-alcohol motifs (C(OH)–C–C–N with tert-alkyl or cyclic N) is 1. The average Bonchev–Trinajstić information content (AvgIpc) is 3.01. The zero-order valence-corrected chi connectivity index (χ0v) is 11.1. The summed E-state index contributed by atoms with van der Waals surface area (Å²) in [5.41, 5.74) is -0.473. The summed E-state index contributed by atoms with van der Waals surface area (Å²) in [5, 5.41) is 16.7. The number of hydrogen-bond donors (Lipinski definition) is 2. The number of aliphatic hydroxyl groups is 1. The maximum atomic E-state index is 9.49. The number of nitrogens with zero attached hydrogens (tertiary/aromatic N) is 2. The first kappa shape index (κ1) is 13.5. The number of hydrogen-bond acceptors (Lipinski definition) is 6. The van der Waals surface area contributed by atoms with Crippen LogP contribution >= 0.6 is 0 Å². The molecule has 1 fully saturated rings. The van der Waals surface area contributed by atoms with Gasteiger partial charge in [0.2, 0.25) is 11.7 Å². The Kier molecular flexibility index (Phi) is 3.99. The molecule has 0 aliphatic carbocycles. The van der Waals surface area contributed by atoms with E-state index in [1.165, 1.54) is 0 Å². The molecular weight excluding hydrogens is 234 g/mol. The van der Waals surface area contributed by atoms with Gasteiger partial charge in [0, 0.05) is 13.7 Å². The summed E-state index contributed by atoms with van der Waals surface area (Å²) < 4.78 is 10.9. The van der Waals surface area contributed by atoms with Crippen LogP contribution in [0, 0.1) is 0 Å². The number of nitrogens with one attached hydrogen (secondary N) is 1. The molecule has 18 heavy (non-hydrogen) atoms. The molecule has 0 spiro atoms. The average molecular weight is 255 g/mol. The second-order valence-electron chi connectivity index (χ2n) is 4.71. The van der Waals surface area contributed by atoms with Crippen molar-refractivity contribution in [2.75, 3.05) is 13.7 Å². The van der Waals surface area contributed by atoms with E-state index in [9.17, 15) is 5.11 Å². The van der Waals surface area contributed by atoms with Crippen LogP contribution in [0.3, 0.4) is 0 Å². The monoisotopic (exact) mass is 255 g/mol. The Morgan fingerprint density at radius 1 is 1.50 bits per heavy atom. The molecule has 2 heterocycles.